The van der Waals surface area contributed by atoms with Gasteiger partial charge in [0.15, 0.2) is 0 Å². The highest BCUT2D eigenvalue weighted by atomic mass is 32.2. The molecule has 1 heterocycles. The molecule has 6 heteroatoms. The fourth-order valence-electron chi connectivity index (χ4n) is 5.10. The first-order valence-electron chi connectivity index (χ1n) is 12.0. The predicted octanol–water partition coefficient (Wildman–Crippen LogP) is 4.27. The molecule has 174 valence electrons. The molecular formula is C26H36N2O3S. The summed E-state index contributed by atoms with van der Waals surface area (Å²) in [5.41, 5.74) is 2.95. The maximum Gasteiger partial charge on any atom is 0.243 e. The van der Waals surface area contributed by atoms with E-state index in [-0.39, 0.29) is 0 Å². The minimum atomic E-state index is -3.35. The number of aryl methyl sites for hydroxylation is 1. The van der Waals surface area contributed by atoms with Gasteiger partial charge in [-0.25, -0.2) is 8.42 Å². The van der Waals surface area contributed by atoms with Crippen molar-refractivity contribution in [2.75, 3.05) is 33.3 Å². The van der Waals surface area contributed by atoms with Gasteiger partial charge in [-0.15, -0.1) is 0 Å². The van der Waals surface area contributed by atoms with E-state index in [4.69, 9.17) is 4.74 Å². The highest BCUT2D eigenvalue weighted by Gasteiger charge is 2.29. The summed E-state index contributed by atoms with van der Waals surface area (Å²) in [6, 6.07) is 15.3. The smallest absolute Gasteiger partial charge is 0.243 e. The monoisotopic (exact) mass is 456 g/mol. The van der Waals surface area contributed by atoms with Crippen molar-refractivity contribution >= 4 is 10.0 Å². The molecule has 0 bridgehead atoms. The Morgan fingerprint density at radius 2 is 1.78 bits per heavy atom. The molecule has 5 nitrogen and oxygen atoms in total. The lowest BCUT2D eigenvalue weighted by Gasteiger charge is -2.31. The second-order valence-electron chi connectivity index (χ2n) is 9.25. The zero-order valence-electron chi connectivity index (χ0n) is 19.1. The van der Waals surface area contributed by atoms with Crippen LogP contribution in [0.4, 0.5) is 0 Å². The van der Waals surface area contributed by atoms with Crippen LogP contribution in [0.2, 0.25) is 0 Å². The number of benzene rings is 2. The van der Waals surface area contributed by atoms with Gasteiger partial charge in [-0.1, -0.05) is 24.3 Å². The molecule has 2 aromatic rings. The Balaban J connectivity index is 1.12. The summed E-state index contributed by atoms with van der Waals surface area (Å²) in [4.78, 5) is 0.404. The second-order valence-corrected chi connectivity index (χ2v) is 11.2. The van der Waals surface area contributed by atoms with Crippen LogP contribution in [0.5, 0.6) is 5.75 Å². The van der Waals surface area contributed by atoms with E-state index in [1.54, 1.807) is 35.7 Å². The van der Waals surface area contributed by atoms with Crippen LogP contribution in [0, 0.1) is 11.8 Å². The first-order valence-corrected chi connectivity index (χ1v) is 13.4. The van der Waals surface area contributed by atoms with E-state index in [2.05, 4.69) is 23.5 Å². The number of piperidine rings is 1. The number of hydrogen-bond donors (Lipinski definition) is 1. The number of methoxy groups -OCH3 is 1. The fraction of sp³-hybridized carbons (Fsp3) is 0.538. The highest BCUT2D eigenvalue weighted by Crippen LogP contribution is 2.30. The number of rotatable bonds is 9. The van der Waals surface area contributed by atoms with E-state index >= 15 is 0 Å². The maximum atomic E-state index is 12.8. The van der Waals surface area contributed by atoms with Gasteiger partial charge in [-0.3, -0.25) is 0 Å². The number of ether oxygens (including phenoxy) is 1. The van der Waals surface area contributed by atoms with Crippen molar-refractivity contribution in [3.63, 3.8) is 0 Å². The van der Waals surface area contributed by atoms with E-state index in [1.165, 1.54) is 36.8 Å². The Hall–Kier alpha value is -1.89. The van der Waals surface area contributed by atoms with Gasteiger partial charge in [-0.2, -0.15) is 4.31 Å². The van der Waals surface area contributed by atoms with Crippen molar-refractivity contribution in [1.82, 2.24) is 9.62 Å². The van der Waals surface area contributed by atoms with Gasteiger partial charge in [0, 0.05) is 13.1 Å². The van der Waals surface area contributed by atoms with Crippen molar-refractivity contribution < 1.29 is 13.2 Å². The number of hydrogen-bond acceptors (Lipinski definition) is 4. The Bertz CT molecular complexity index is 970. The molecule has 1 unspecified atom stereocenters. The summed E-state index contributed by atoms with van der Waals surface area (Å²) < 4.78 is 32.5. The van der Waals surface area contributed by atoms with Crippen molar-refractivity contribution in [2.24, 2.45) is 11.8 Å². The molecular weight excluding hydrogens is 420 g/mol. The molecule has 1 atom stereocenters. The van der Waals surface area contributed by atoms with Gasteiger partial charge in [0.1, 0.15) is 5.75 Å². The molecule has 1 aliphatic carbocycles. The Kier molecular flexibility index (Phi) is 7.87. The topological polar surface area (TPSA) is 58.6 Å². The first-order chi connectivity index (χ1) is 15.6. The molecule has 4 rings (SSSR count). The number of fused-ring (bicyclic) bond motifs is 1. The largest absolute Gasteiger partial charge is 0.497 e. The van der Waals surface area contributed by atoms with Crippen LogP contribution in [0.25, 0.3) is 0 Å². The average Bonchev–Trinajstić information content (AvgIpc) is 2.84. The minimum absolute atomic E-state index is 0.404. The first kappa shape index (κ1) is 23.3. The van der Waals surface area contributed by atoms with Crippen LogP contribution >= 0.6 is 0 Å². The van der Waals surface area contributed by atoms with Gasteiger partial charge < -0.3 is 10.1 Å². The zero-order valence-corrected chi connectivity index (χ0v) is 19.9. The summed E-state index contributed by atoms with van der Waals surface area (Å²) in [7, 11) is -1.61. The summed E-state index contributed by atoms with van der Waals surface area (Å²) in [6.45, 7) is 3.28. The van der Waals surface area contributed by atoms with Gasteiger partial charge in [0.2, 0.25) is 10.0 Å². The van der Waals surface area contributed by atoms with E-state index < -0.39 is 10.0 Å². The number of nitrogens with zero attached hydrogens (tertiary/aromatic N) is 1. The lowest BCUT2D eigenvalue weighted by molar-refractivity contribution is 0.266. The van der Waals surface area contributed by atoms with E-state index in [0.29, 0.717) is 23.9 Å². The molecule has 1 fully saturated rings. The zero-order chi connectivity index (χ0) is 22.4. The van der Waals surface area contributed by atoms with Gasteiger partial charge in [0.25, 0.3) is 0 Å². The van der Waals surface area contributed by atoms with Crippen molar-refractivity contribution in [2.45, 2.75) is 49.8 Å². The SMILES string of the molecule is COc1ccc2c(c1)CCC(CCCNCC1CCN(S(=O)(=O)c3ccccc3)CC1)C2. The summed E-state index contributed by atoms with van der Waals surface area (Å²) in [5, 5.41) is 3.63. The molecule has 1 aliphatic heterocycles. The summed E-state index contributed by atoms with van der Waals surface area (Å²) >= 11 is 0. The third-order valence-electron chi connectivity index (χ3n) is 7.10. The standard InChI is InChI=1S/C26H36N2O3S/c1-31-25-12-11-23-18-21(9-10-24(23)19-25)6-5-15-27-20-22-13-16-28(17-14-22)32(29,30)26-7-3-2-4-8-26/h2-4,7-8,11-12,19,21-22,27H,5-6,9-10,13-18,20H2,1H3. The lowest BCUT2D eigenvalue weighted by Crippen LogP contribution is -2.40. The van der Waals surface area contributed by atoms with Crippen LogP contribution < -0.4 is 10.1 Å². The van der Waals surface area contributed by atoms with Gasteiger partial charge in [0.05, 0.1) is 12.0 Å². The van der Waals surface area contributed by atoms with E-state index in [9.17, 15) is 8.42 Å². The third kappa shape index (κ3) is 5.72. The van der Waals surface area contributed by atoms with Crippen molar-refractivity contribution in [3.8, 4) is 5.75 Å². The Morgan fingerprint density at radius 1 is 1.00 bits per heavy atom. The quantitative estimate of drug-likeness (QED) is 0.573. The molecule has 0 spiro atoms. The van der Waals surface area contributed by atoms with Crippen LogP contribution in [0.15, 0.2) is 53.4 Å². The summed E-state index contributed by atoms with van der Waals surface area (Å²) in [6.07, 6.45) is 7.96. The highest BCUT2D eigenvalue weighted by molar-refractivity contribution is 7.89. The van der Waals surface area contributed by atoms with E-state index in [0.717, 1.165) is 44.0 Å². The Morgan fingerprint density at radius 3 is 2.53 bits per heavy atom. The van der Waals surface area contributed by atoms with Gasteiger partial charge in [-0.05, 0) is 105 Å². The molecule has 1 saturated heterocycles. The number of nitrogens with one attached hydrogen (secondary N) is 1. The van der Waals surface area contributed by atoms with Crippen LogP contribution in [0.3, 0.4) is 0 Å². The second kappa shape index (κ2) is 10.8. The predicted molar refractivity (Wildman–Crippen MR) is 129 cm³/mol. The molecule has 32 heavy (non-hydrogen) atoms. The van der Waals surface area contributed by atoms with Crippen LogP contribution in [-0.4, -0.2) is 46.0 Å². The number of sulfonamides is 1. The average molecular weight is 457 g/mol. The Labute approximate surface area is 193 Å². The van der Waals surface area contributed by atoms with E-state index in [1.807, 2.05) is 6.07 Å². The normalized spacial score (nSPS) is 20.1. The summed E-state index contributed by atoms with van der Waals surface area (Å²) in [5.74, 6) is 2.31. The molecule has 0 saturated carbocycles. The third-order valence-corrected chi connectivity index (χ3v) is 9.01. The fourth-order valence-corrected chi connectivity index (χ4v) is 6.59. The molecule has 0 radical (unpaired) electrons. The molecule has 0 aromatic heterocycles. The molecule has 1 N–H and O–H groups in total. The molecule has 2 aliphatic rings. The van der Waals surface area contributed by atoms with Crippen molar-refractivity contribution in [3.05, 3.63) is 59.7 Å². The van der Waals surface area contributed by atoms with Crippen LogP contribution in [-0.2, 0) is 22.9 Å². The van der Waals surface area contributed by atoms with Crippen LogP contribution in [0.1, 0.15) is 43.2 Å². The minimum Gasteiger partial charge on any atom is -0.497 e. The molecule has 2 aromatic carbocycles. The molecule has 0 amide bonds. The van der Waals surface area contributed by atoms with Crippen molar-refractivity contribution in [1.29, 1.82) is 0 Å². The maximum absolute atomic E-state index is 12.8. The lowest BCUT2D eigenvalue weighted by atomic mass is 9.81. The van der Waals surface area contributed by atoms with Gasteiger partial charge >= 0.3 is 0 Å².